The Hall–Kier alpha value is -2.08. The fraction of sp³-hybridized carbons (Fsp3) is 0.381. The predicted octanol–water partition coefficient (Wildman–Crippen LogP) is 3.91. The topological polar surface area (TPSA) is 53.6 Å². The number of carbonyl (C=O) groups excluding carboxylic acids is 1. The van der Waals surface area contributed by atoms with E-state index >= 15 is 0 Å². The third-order valence-electron chi connectivity index (χ3n) is 4.90. The molecule has 146 valence electrons. The SMILES string of the molecule is CNC1CCCN(C(C)C(=O)Nc2ccccc2Oc2ccccc2)C1.Cl. The maximum absolute atomic E-state index is 12.8. The average molecular weight is 390 g/mol. The minimum atomic E-state index is -0.184. The van der Waals surface area contributed by atoms with Crippen LogP contribution in [-0.2, 0) is 4.79 Å². The van der Waals surface area contributed by atoms with Gasteiger partial charge >= 0.3 is 0 Å². The summed E-state index contributed by atoms with van der Waals surface area (Å²) in [6.45, 7) is 3.82. The summed E-state index contributed by atoms with van der Waals surface area (Å²) in [5, 5.41) is 6.36. The largest absolute Gasteiger partial charge is 0.455 e. The van der Waals surface area contributed by atoms with Crippen LogP contribution >= 0.6 is 12.4 Å². The van der Waals surface area contributed by atoms with Crippen LogP contribution in [0.2, 0.25) is 0 Å². The van der Waals surface area contributed by atoms with Crippen LogP contribution in [0.25, 0.3) is 0 Å². The Morgan fingerprint density at radius 2 is 1.85 bits per heavy atom. The molecule has 27 heavy (non-hydrogen) atoms. The van der Waals surface area contributed by atoms with Crippen LogP contribution in [0.3, 0.4) is 0 Å². The van der Waals surface area contributed by atoms with Crippen LogP contribution in [0.4, 0.5) is 5.69 Å². The molecule has 0 radical (unpaired) electrons. The maximum atomic E-state index is 12.8. The van der Waals surface area contributed by atoms with Crippen molar-refractivity contribution in [3.8, 4) is 11.5 Å². The quantitative estimate of drug-likeness (QED) is 0.786. The van der Waals surface area contributed by atoms with Crippen molar-refractivity contribution in [2.24, 2.45) is 0 Å². The highest BCUT2D eigenvalue weighted by molar-refractivity contribution is 5.95. The standard InChI is InChI=1S/C21H27N3O2.ClH/c1-16(24-14-8-9-17(15-24)22-2)21(25)23-19-12-6-7-13-20(19)26-18-10-4-3-5-11-18;/h3-7,10-13,16-17,22H,8-9,14-15H2,1-2H3,(H,23,25);1H. The van der Waals surface area contributed by atoms with Crippen molar-refractivity contribution >= 4 is 24.0 Å². The first-order valence-corrected chi connectivity index (χ1v) is 9.21. The average Bonchev–Trinajstić information content (AvgIpc) is 2.69. The highest BCUT2D eigenvalue weighted by atomic mass is 35.5. The Labute approximate surface area is 167 Å². The number of hydrogen-bond donors (Lipinski definition) is 2. The second-order valence-electron chi connectivity index (χ2n) is 6.70. The van der Waals surface area contributed by atoms with Crippen LogP contribution in [0.15, 0.2) is 54.6 Å². The lowest BCUT2D eigenvalue weighted by Crippen LogP contribution is -2.51. The number of likely N-dealkylation sites (N-methyl/N-ethyl adjacent to an activating group) is 1. The zero-order valence-electron chi connectivity index (χ0n) is 15.9. The van der Waals surface area contributed by atoms with Gasteiger partial charge in [-0.3, -0.25) is 9.69 Å². The minimum absolute atomic E-state index is 0. The van der Waals surface area contributed by atoms with Crippen molar-refractivity contribution in [2.75, 3.05) is 25.5 Å². The molecule has 1 heterocycles. The molecule has 2 unspecified atom stereocenters. The molecule has 0 aliphatic carbocycles. The Morgan fingerprint density at radius 1 is 1.15 bits per heavy atom. The van der Waals surface area contributed by atoms with Crippen molar-refractivity contribution < 1.29 is 9.53 Å². The number of benzene rings is 2. The molecule has 1 aliphatic heterocycles. The molecule has 3 rings (SSSR count). The molecule has 1 saturated heterocycles. The number of hydrogen-bond acceptors (Lipinski definition) is 4. The highest BCUT2D eigenvalue weighted by Gasteiger charge is 2.27. The second-order valence-corrected chi connectivity index (χ2v) is 6.70. The van der Waals surface area contributed by atoms with Gasteiger partial charge in [0.15, 0.2) is 5.75 Å². The number of amides is 1. The number of rotatable bonds is 6. The summed E-state index contributed by atoms with van der Waals surface area (Å²) >= 11 is 0. The molecule has 1 amide bonds. The molecule has 0 saturated carbocycles. The fourth-order valence-corrected chi connectivity index (χ4v) is 3.27. The third-order valence-corrected chi connectivity index (χ3v) is 4.90. The summed E-state index contributed by atoms with van der Waals surface area (Å²) in [5.41, 5.74) is 0.690. The van der Waals surface area contributed by atoms with Gasteiger partial charge < -0.3 is 15.4 Å². The van der Waals surface area contributed by atoms with Gasteiger partial charge in [0.1, 0.15) is 5.75 Å². The molecular weight excluding hydrogens is 362 g/mol. The summed E-state index contributed by atoms with van der Waals surface area (Å²) in [7, 11) is 1.98. The van der Waals surface area contributed by atoms with Gasteiger partial charge in [0.2, 0.25) is 5.91 Å². The lowest BCUT2D eigenvalue weighted by atomic mass is 10.0. The van der Waals surface area contributed by atoms with Crippen molar-refractivity contribution in [3.63, 3.8) is 0 Å². The predicted molar refractivity (Wildman–Crippen MR) is 112 cm³/mol. The van der Waals surface area contributed by atoms with E-state index in [0.29, 0.717) is 17.5 Å². The molecule has 2 atom stereocenters. The molecule has 1 aliphatic rings. The van der Waals surface area contributed by atoms with E-state index in [2.05, 4.69) is 15.5 Å². The van der Waals surface area contributed by atoms with Crippen molar-refractivity contribution in [1.82, 2.24) is 10.2 Å². The van der Waals surface area contributed by atoms with E-state index in [-0.39, 0.29) is 24.4 Å². The van der Waals surface area contributed by atoms with Gasteiger partial charge in [-0.15, -0.1) is 12.4 Å². The van der Waals surface area contributed by atoms with Crippen LogP contribution in [0.1, 0.15) is 19.8 Å². The van der Waals surface area contributed by atoms with E-state index in [0.717, 1.165) is 31.7 Å². The van der Waals surface area contributed by atoms with E-state index in [1.165, 1.54) is 0 Å². The van der Waals surface area contributed by atoms with Crippen molar-refractivity contribution in [1.29, 1.82) is 0 Å². The van der Waals surface area contributed by atoms with Crippen molar-refractivity contribution in [2.45, 2.75) is 31.8 Å². The summed E-state index contributed by atoms with van der Waals surface area (Å²) in [5.74, 6) is 1.38. The molecule has 0 spiro atoms. The normalized spacial score (nSPS) is 18.2. The number of anilines is 1. The van der Waals surface area contributed by atoms with Crippen LogP contribution in [0, 0.1) is 0 Å². The lowest BCUT2D eigenvalue weighted by molar-refractivity contribution is -0.121. The number of nitrogens with one attached hydrogen (secondary N) is 2. The van der Waals surface area contributed by atoms with Gasteiger partial charge in [0.25, 0.3) is 0 Å². The molecule has 1 fully saturated rings. The summed E-state index contributed by atoms with van der Waals surface area (Å²) in [6.07, 6.45) is 2.27. The first-order chi connectivity index (χ1) is 12.7. The first kappa shape index (κ1) is 21.2. The van der Waals surface area contributed by atoms with Crippen LogP contribution in [-0.4, -0.2) is 43.0 Å². The van der Waals surface area contributed by atoms with Gasteiger partial charge in [-0.25, -0.2) is 0 Å². The summed E-state index contributed by atoms with van der Waals surface area (Å²) < 4.78 is 5.93. The third kappa shape index (κ3) is 5.70. The number of para-hydroxylation sites is 3. The minimum Gasteiger partial charge on any atom is -0.455 e. The van der Waals surface area contributed by atoms with E-state index in [4.69, 9.17) is 4.74 Å². The number of halogens is 1. The van der Waals surface area contributed by atoms with Gasteiger partial charge in [0, 0.05) is 12.6 Å². The molecule has 0 aromatic heterocycles. The zero-order chi connectivity index (χ0) is 18.4. The lowest BCUT2D eigenvalue weighted by Gasteiger charge is -2.36. The van der Waals surface area contributed by atoms with E-state index in [1.807, 2.05) is 68.6 Å². The van der Waals surface area contributed by atoms with E-state index in [1.54, 1.807) is 0 Å². The zero-order valence-corrected chi connectivity index (χ0v) is 16.7. The van der Waals surface area contributed by atoms with Crippen LogP contribution in [0.5, 0.6) is 11.5 Å². The Kier molecular flexibility index (Phi) is 8.10. The van der Waals surface area contributed by atoms with Gasteiger partial charge in [0.05, 0.1) is 11.7 Å². The number of nitrogens with zero attached hydrogens (tertiary/aromatic N) is 1. The molecule has 6 heteroatoms. The number of ether oxygens (including phenoxy) is 1. The number of likely N-dealkylation sites (tertiary alicyclic amines) is 1. The Morgan fingerprint density at radius 3 is 2.59 bits per heavy atom. The van der Waals surface area contributed by atoms with E-state index in [9.17, 15) is 4.79 Å². The molecule has 2 aromatic carbocycles. The van der Waals surface area contributed by atoms with E-state index < -0.39 is 0 Å². The maximum Gasteiger partial charge on any atom is 0.241 e. The van der Waals surface area contributed by atoms with Gasteiger partial charge in [-0.1, -0.05) is 30.3 Å². The van der Waals surface area contributed by atoms with Crippen LogP contribution < -0.4 is 15.4 Å². The van der Waals surface area contributed by atoms with Gasteiger partial charge in [-0.2, -0.15) is 0 Å². The number of carbonyl (C=O) groups is 1. The Bertz CT molecular complexity index is 726. The molecule has 5 nitrogen and oxygen atoms in total. The monoisotopic (exact) mass is 389 g/mol. The van der Waals surface area contributed by atoms with Gasteiger partial charge in [-0.05, 0) is 57.6 Å². The summed E-state index contributed by atoms with van der Waals surface area (Å²) in [6, 6.07) is 17.4. The molecule has 2 aromatic rings. The molecular formula is C21H28ClN3O2. The first-order valence-electron chi connectivity index (χ1n) is 9.21. The van der Waals surface area contributed by atoms with Crippen molar-refractivity contribution in [3.05, 3.63) is 54.6 Å². The number of piperidine rings is 1. The Balaban J connectivity index is 0.00000261. The molecule has 0 bridgehead atoms. The summed E-state index contributed by atoms with van der Waals surface area (Å²) in [4.78, 5) is 15.0. The molecule has 2 N–H and O–H groups in total. The highest BCUT2D eigenvalue weighted by Crippen LogP contribution is 2.29. The fourth-order valence-electron chi connectivity index (χ4n) is 3.27. The second kappa shape index (κ2) is 10.3. The smallest absolute Gasteiger partial charge is 0.241 e.